The molecule has 3 N–H and O–H groups in total. The highest BCUT2D eigenvalue weighted by Crippen LogP contribution is 2.33. The van der Waals surface area contributed by atoms with Crippen molar-refractivity contribution in [3.8, 4) is 0 Å². The smallest absolute Gasteiger partial charge is 0.327 e. The first-order chi connectivity index (χ1) is 10.8. The maximum absolute atomic E-state index is 13.5. The minimum atomic E-state index is -4.68. The van der Waals surface area contributed by atoms with Crippen LogP contribution in [-0.4, -0.2) is 12.5 Å². The summed E-state index contributed by atoms with van der Waals surface area (Å²) < 4.78 is 51.8. The van der Waals surface area contributed by atoms with Crippen LogP contribution < -0.4 is 11.2 Å². The summed E-state index contributed by atoms with van der Waals surface area (Å²) in [6, 6.07) is 2.14. The van der Waals surface area contributed by atoms with Gasteiger partial charge in [0, 0.05) is 13.0 Å². The fraction of sp³-hybridized carbons (Fsp3) is 0.400. The number of hydrogen-bond donors (Lipinski definition) is 2. The molecule has 0 radical (unpaired) electrons. The van der Waals surface area contributed by atoms with E-state index in [4.69, 9.17) is 10.6 Å². The minimum absolute atomic E-state index is 0.0320. The van der Waals surface area contributed by atoms with E-state index >= 15 is 0 Å². The molecule has 1 atom stereocenters. The minimum Gasteiger partial charge on any atom is -0.327 e. The standard InChI is InChI=1S/C15H18F4N2O2/c1-2-14(22)21-23-13(5-3-4-6-20)10-7-11(15(17,18)19)9-12(16)8-10/h3-4,7-9,13H,2,5-6,20H2,1H3,(H,21,22)/b4-3+/t13-/m0/s1. The number of nitrogens with two attached hydrogens (primary N) is 1. The van der Waals surface area contributed by atoms with Crippen LogP contribution in [0.15, 0.2) is 30.4 Å². The van der Waals surface area contributed by atoms with Crippen LogP contribution in [-0.2, 0) is 15.8 Å². The van der Waals surface area contributed by atoms with Gasteiger partial charge in [-0.05, 0) is 30.2 Å². The molecule has 0 unspecified atom stereocenters. The Bertz CT molecular complexity index is 559. The Hall–Kier alpha value is -1.93. The largest absolute Gasteiger partial charge is 0.416 e. The van der Waals surface area contributed by atoms with Gasteiger partial charge in [0.1, 0.15) is 11.9 Å². The van der Waals surface area contributed by atoms with Gasteiger partial charge in [-0.15, -0.1) is 0 Å². The van der Waals surface area contributed by atoms with Crippen molar-refractivity contribution in [3.05, 3.63) is 47.3 Å². The average molecular weight is 334 g/mol. The summed E-state index contributed by atoms with van der Waals surface area (Å²) in [4.78, 5) is 16.4. The first-order valence-electron chi connectivity index (χ1n) is 6.95. The van der Waals surface area contributed by atoms with Crippen molar-refractivity contribution in [2.75, 3.05) is 6.54 Å². The molecule has 0 saturated heterocycles. The number of benzene rings is 1. The molecule has 0 aromatic heterocycles. The predicted molar refractivity (Wildman–Crippen MR) is 76.5 cm³/mol. The third-order valence-electron chi connectivity index (χ3n) is 2.91. The lowest BCUT2D eigenvalue weighted by Crippen LogP contribution is -2.25. The molecule has 23 heavy (non-hydrogen) atoms. The van der Waals surface area contributed by atoms with E-state index in [0.29, 0.717) is 6.07 Å². The summed E-state index contributed by atoms with van der Waals surface area (Å²) in [5, 5.41) is 0. The summed E-state index contributed by atoms with van der Waals surface area (Å²) in [6.07, 6.45) is -2.21. The molecule has 128 valence electrons. The van der Waals surface area contributed by atoms with Crippen molar-refractivity contribution in [3.63, 3.8) is 0 Å². The zero-order chi connectivity index (χ0) is 17.5. The van der Waals surface area contributed by atoms with Gasteiger partial charge >= 0.3 is 6.18 Å². The highest BCUT2D eigenvalue weighted by molar-refractivity contribution is 5.74. The molecule has 1 rings (SSSR count). The maximum atomic E-state index is 13.5. The van der Waals surface area contributed by atoms with E-state index in [0.717, 1.165) is 12.1 Å². The molecule has 0 fully saturated rings. The molecule has 0 aliphatic carbocycles. The van der Waals surface area contributed by atoms with Crippen LogP contribution >= 0.6 is 0 Å². The van der Waals surface area contributed by atoms with Gasteiger partial charge in [0.15, 0.2) is 0 Å². The number of carbonyl (C=O) groups excluding carboxylic acids is 1. The SMILES string of the molecule is CCC(=O)NO[C@@H](C/C=C/CN)c1cc(F)cc(C(F)(F)F)c1. The van der Waals surface area contributed by atoms with Gasteiger partial charge in [0.05, 0.1) is 5.56 Å². The Kier molecular flexibility index (Phi) is 7.18. The van der Waals surface area contributed by atoms with E-state index in [1.807, 2.05) is 0 Å². The van der Waals surface area contributed by atoms with E-state index in [-0.39, 0.29) is 24.9 Å². The number of halogens is 4. The Morgan fingerprint density at radius 1 is 1.35 bits per heavy atom. The number of carbonyl (C=O) groups is 1. The summed E-state index contributed by atoms with van der Waals surface area (Å²) >= 11 is 0. The Morgan fingerprint density at radius 3 is 2.61 bits per heavy atom. The quantitative estimate of drug-likeness (QED) is 0.457. The summed E-state index contributed by atoms with van der Waals surface area (Å²) in [5.41, 5.74) is 6.27. The lowest BCUT2D eigenvalue weighted by atomic mass is 10.0. The van der Waals surface area contributed by atoms with Gasteiger partial charge in [0.2, 0.25) is 5.91 Å². The molecule has 0 aliphatic rings. The number of hydroxylamine groups is 1. The predicted octanol–water partition coefficient (Wildman–Crippen LogP) is 3.25. The lowest BCUT2D eigenvalue weighted by molar-refractivity contribution is -0.140. The maximum Gasteiger partial charge on any atom is 0.416 e. The van der Waals surface area contributed by atoms with Crippen molar-refractivity contribution in [2.24, 2.45) is 5.73 Å². The highest BCUT2D eigenvalue weighted by atomic mass is 19.4. The van der Waals surface area contributed by atoms with Gasteiger partial charge in [-0.3, -0.25) is 9.63 Å². The molecule has 1 amide bonds. The zero-order valence-corrected chi connectivity index (χ0v) is 12.5. The molecule has 0 aliphatic heterocycles. The fourth-order valence-electron chi connectivity index (χ4n) is 1.74. The molecule has 4 nitrogen and oxygen atoms in total. The molecule has 0 spiro atoms. The highest BCUT2D eigenvalue weighted by Gasteiger charge is 2.32. The lowest BCUT2D eigenvalue weighted by Gasteiger charge is -2.18. The topological polar surface area (TPSA) is 64.3 Å². The van der Waals surface area contributed by atoms with Crippen LogP contribution in [0, 0.1) is 5.82 Å². The second kappa shape index (κ2) is 8.64. The fourth-order valence-corrected chi connectivity index (χ4v) is 1.74. The van der Waals surface area contributed by atoms with Gasteiger partial charge in [0.25, 0.3) is 0 Å². The first-order valence-corrected chi connectivity index (χ1v) is 6.95. The number of hydrogen-bond acceptors (Lipinski definition) is 3. The number of nitrogens with one attached hydrogen (secondary N) is 1. The normalized spacial score (nSPS) is 13.3. The third-order valence-corrected chi connectivity index (χ3v) is 2.91. The van der Waals surface area contributed by atoms with E-state index in [2.05, 4.69) is 5.48 Å². The van der Waals surface area contributed by atoms with Gasteiger partial charge in [-0.25, -0.2) is 9.87 Å². The van der Waals surface area contributed by atoms with Gasteiger partial charge in [-0.1, -0.05) is 19.1 Å². The number of amides is 1. The van der Waals surface area contributed by atoms with Crippen LogP contribution in [0.4, 0.5) is 17.6 Å². The van der Waals surface area contributed by atoms with Crippen LogP contribution in [0.1, 0.15) is 37.0 Å². The molecule has 8 heteroatoms. The van der Waals surface area contributed by atoms with Crippen LogP contribution in [0.25, 0.3) is 0 Å². The van der Waals surface area contributed by atoms with Crippen molar-refractivity contribution >= 4 is 5.91 Å². The molecule has 1 aromatic carbocycles. The average Bonchev–Trinajstić information content (AvgIpc) is 2.48. The van der Waals surface area contributed by atoms with Gasteiger partial charge in [-0.2, -0.15) is 13.2 Å². The summed E-state index contributed by atoms with van der Waals surface area (Å²) in [7, 11) is 0. The number of rotatable bonds is 7. The monoisotopic (exact) mass is 334 g/mol. The van der Waals surface area contributed by atoms with Crippen molar-refractivity contribution < 1.29 is 27.2 Å². The Balaban J connectivity index is 3.06. The molecule has 1 aromatic rings. The van der Waals surface area contributed by atoms with Crippen molar-refractivity contribution in [1.29, 1.82) is 0 Å². The Morgan fingerprint density at radius 2 is 2.04 bits per heavy atom. The van der Waals surface area contributed by atoms with Crippen molar-refractivity contribution in [1.82, 2.24) is 5.48 Å². The van der Waals surface area contributed by atoms with E-state index in [9.17, 15) is 22.4 Å². The van der Waals surface area contributed by atoms with Crippen LogP contribution in [0.3, 0.4) is 0 Å². The number of alkyl halides is 3. The zero-order valence-electron chi connectivity index (χ0n) is 12.5. The second-order valence-electron chi connectivity index (χ2n) is 4.70. The van der Waals surface area contributed by atoms with E-state index < -0.39 is 29.6 Å². The molecule has 0 bridgehead atoms. The van der Waals surface area contributed by atoms with Crippen LogP contribution in [0.2, 0.25) is 0 Å². The third kappa shape index (κ3) is 6.37. The summed E-state index contributed by atoms with van der Waals surface area (Å²) in [5.74, 6) is -1.47. The molecular weight excluding hydrogens is 316 g/mol. The van der Waals surface area contributed by atoms with Crippen LogP contribution in [0.5, 0.6) is 0 Å². The first kappa shape index (κ1) is 19.1. The molecule has 0 saturated carbocycles. The Labute approximate surface area is 131 Å². The van der Waals surface area contributed by atoms with Gasteiger partial charge < -0.3 is 5.73 Å². The molecule has 0 heterocycles. The second-order valence-corrected chi connectivity index (χ2v) is 4.70. The van der Waals surface area contributed by atoms with E-state index in [1.165, 1.54) is 0 Å². The van der Waals surface area contributed by atoms with E-state index in [1.54, 1.807) is 19.1 Å². The molecular formula is C15H18F4N2O2. The summed E-state index contributed by atoms with van der Waals surface area (Å²) in [6.45, 7) is 1.83. The van der Waals surface area contributed by atoms with Crippen molar-refractivity contribution in [2.45, 2.75) is 32.0 Å².